The van der Waals surface area contributed by atoms with Crippen LogP contribution in [-0.4, -0.2) is 26.9 Å². The lowest BCUT2D eigenvalue weighted by Crippen LogP contribution is -2.32. The van der Waals surface area contributed by atoms with E-state index in [1.807, 2.05) is 11.8 Å². The largest absolute Gasteiger partial charge is 0.310 e. The highest BCUT2D eigenvalue weighted by Gasteiger charge is 2.16. The molecule has 0 aliphatic carbocycles. The topological polar surface area (TPSA) is 29.3 Å². The molecule has 0 radical (unpaired) electrons. The number of fused-ring (bicyclic) bond motifs is 1. The molecule has 100 valence electrons. The third kappa shape index (κ3) is 2.90. The number of nitrogens with one attached hydrogen (secondary N) is 1. The molecule has 0 saturated heterocycles. The van der Waals surface area contributed by atoms with Crippen LogP contribution in [0.2, 0.25) is 0 Å². The molecule has 5 heteroatoms. The van der Waals surface area contributed by atoms with Crippen LogP contribution in [0.5, 0.6) is 0 Å². The highest BCUT2D eigenvalue weighted by Crippen LogP contribution is 2.22. The number of aromatic nitrogens is 2. The molecule has 0 unspecified atom stereocenters. The maximum absolute atomic E-state index is 4.61. The number of aryl methyl sites for hydroxylation is 2. The monoisotopic (exact) mass is 283 g/mol. The maximum Gasteiger partial charge on any atom is 0.194 e. The number of rotatable bonds is 5. The van der Waals surface area contributed by atoms with E-state index in [-0.39, 0.29) is 4.75 Å². The molecular formula is C13H21N3S2. The molecule has 2 rings (SSSR count). The predicted molar refractivity (Wildman–Crippen MR) is 81.8 cm³/mol. The van der Waals surface area contributed by atoms with E-state index in [0.29, 0.717) is 0 Å². The van der Waals surface area contributed by atoms with Gasteiger partial charge in [0.05, 0.1) is 11.4 Å². The third-order valence-electron chi connectivity index (χ3n) is 3.14. The highest BCUT2D eigenvalue weighted by atomic mass is 32.2. The number of imidazole rings is 1. The van der Waals surface area contributed by atoms with Crippen LogP contribution in [0.1, 0.15) is 30.1 Å². The Balaban J connectivity index is 2.09. The Bertz CT molecular complexity index is 540. The van der Waals surface area contributed by atoms with E-state index in [1.54, 1.807) is 11.3 Å². The molecule has 0 atom stereocenters. The molecular weight excluding hydrogens is 262 g/mol. The molecule has 2 aromatic heterocycles. The fraction of sp³-hybridized carbons (Fsp3) is 0.615. The van der Waals surface area contributed by atoms with Crippen molar-refractivity contribution in [3.63, 3.8) is 0 Å². The van der Waals surface area contributed by atoms with Crippen LogP contribution in [0.15, 0.2) is 6.20 Å². The Morgan fingerprint density at radius 3 is 2.83 bits per heavy atom. The van der Waals surface area contributed by atoms with Crippen LogP contribution in [0, 0.1) is 13.8 Å². The lowest BCUT2D eigenvalue weighted by Gasteiger charge is -2.22. The molecule has 0 fully saturated rings. The average Bonchev–Trinajstić information content (AvgIpc) is 2.76. The molecule has 0 spiro atoms. The predicted octanol–water partition coefficient (Wildman–Crippen LogP) is 3.24. The van der Waals surface area contributed by atoms with Gasteiger partial charge in [-0.15, -0.1) is 11.3 Å². The Morgan fingerprint density at radius 2 is 2.17 bits per heavy atom. The summed E-state index contributed by atoms with van der Waals surface area (Å²) in [5, 5.41) is 3.54. The molecule has 1 N–H and O–H groups in total. The third-order valence-corrected chi connectivity index (χ3v) is 5.28. The summed E-state index contributed by atoms with van der Waals surface area (Å²) in [5.41, 5.74) is 2.42. The normalized spacial score (nSPS) is 12.5. The SMILES string of the molecule is CSC(C)(C)CNCc1c(C)nc2sc(C)cn12. The first kappa shape index (κ1) is 13.9. The second kappa shape index (κ2) is 5.23. The second-order valence-electron chi connectivity index (χ2n) is 5.21. The molecule has 0 saturated carbocycles. The number of nitrogens with zero attached hydrogens (tertiary/aromatic N) is 2. The molecule has 3 nitrogen and oxygen atoms in total. The number of thiazole rings is 1. The minimum Gasteiger partial charge on any atom is -0.310 e. The van der Waals surface area contributed by atoms with Gasteiger partial charge in [-0.3, -0.25) is 4.40 Å². The van der Waals surface area contributed by atoms with E-state index in [1.165, 1.54) is 10.6 Å². The van der Waals surface area contributed by atoms with E-state index in [0.717, 1.165) is 23.7 Å². The zero-order valence-corrected chi connectivity index (χ0v) is 13.3. The quantitative estimate of drug-likeness (QED) is 0.913. The first-order valence-electron chi connectivity index (χ1n) is 6.13. The number of thioether (sulfide) groups is 1. The van der Waals surface area contributed by atoms with E-state index in [9.17, 15) is 0 Å². The molecule has 0 aliphatic rings. The minimum absolute atomic E-state index is 0.280. The van der Waals surface area contributed by atoms with Crippen LogP contribution < -0.4 is 5.32 Å². The average molecular weight is 283 g/mol. The summed E-state index contributed by atoms with van der Waals surface area (Å²) in [6.07, 6.45) is 4.34. The fourth-order valence-corrected chi connectivity index (χ4v) is 3.01. The summed E-state index contributed by atoms with van der Waals surface area (Å²) in [6.45, 7) is 10.6. The highest BCUT2D eigenvalue weighted by molar-refractivity contribution is 7.99. The van der Waals surface area contributed by atoms with Gasteiger partial charge in [0.1, 0.15) is 0 Å². The van der Waals surface area contributed by atoms with Crippen molar-refractivity contribution in [2.24, 2.45) is 0 Å². The van der Waals surface area contributed by atoms with E-state index in [4.69, 9.17) is 0 Å². The van der Waals surface area contributed by atoms with Gasteiger partial charge >= 0.3 is 0 Å². The van der Waals surface area contributed by atoms with Crippen molar-refractivity contribution in [1.82, 2.24) is 14.7 Å². The van der Waals surface area contributed by atoms with Crippen molar-refractivity contribution >= 4 is 28.1 Å². The van der Waals surface area contributed by atoms with E-state index >= 15 is 0 Å². The summed E-state index contributed by atoms with van der Waals surface area (Å²) in [4.78, 5) is 7.02. The Morgan fingerprint density at radius 1 is 1.44 bits per heavy atom. The van der Waals surface area contributed by atoms with E-state index in [2.05, 4.69) is 54.8 Å². The van der Waals surface area contributed by atoms with Gasteiger partial charge in [0, 0.05) is 28.9 Å². The van der Waals surface area contributed by atoms with Gasteiger partial charge in [-0.05, 0) is 34.0 Å². The lowest BCUT2D eigenvalue weighted by molar-refractivity contribution is 0.582. The minimum atomic E-state index is 0.280. The summed E-state index contributed by atoms with van der Waals surface area (Å²) in [6, 6.07) is 0. The molecule has 2 aromatic rings. The molecule has 0 bridgehead atoms. The van der Waals surface area contributed by atoms with Crippen molar-refractivity contribution in [2.75, 3.05) is 12.8 Å². The first-order chi connectivity index (χ1) is 8.43. The van der Waals surface area contributed by atoms with Gasteiger partial charge in [-0.2, -0.15) is 11.8 Å². The molecule has 0 aliphatic heterocycles. The van der Waals surface area contributed by atoms with Crippen LogP contribution in [-0.2, 0) is 6.54 Å². The second-order valence-corrected chi connectivity index (χ2v) is 7.93. The van der Waals surface area contributed by atoms with Crippen molar-refractivity contribution in [2.45, 2.75) is 39.0 Å². The van der Waals surface area contributed by atoms with Gasteiger partial charge < -0.3 is 5.32 Å². The van der Waals surface area contributed by atoms with Crippen LogP contribution in [0.4, 0.5) is 0 Å². The molecule has 0 aromatic carbocycles. The standard InChI is InChI=1S/C13H21N3S2/c1-9-7-16-11(10(2)15-12(16)18-9)6-14-8-13(3,4)17-5/h7,14H,6,8H2,1-5H3. The van der Waals surface area contributed by atoms with Crippen LogP contribution >= 0.6 is 23.1 Å². The Hall–Kier alpha value is -0.520. The summed E-state index contributed by atoms with van der Waals surface area (Å²) < 4.78 is 2.50. The Labute approximate surface area is 117 Å². The number of hydrogen-bond acceptors (Lipinski definition) is 4. The lowest BCUT2D eigenvalue weighted by atomic mass is 10.2. The van der Waals surface area contributed by atoms with Crippen LogP contribution in [0.25, 0.3) is 4.96 Å². The number of hydrogen-bond donors (Lipinski definition) is 1. The summed E-state index contributed by atoms with van der Waals surface area (Å²) in [5.74, 6) is 0. The Kier molecular flexibility index (Phi) is 4.04. The fourth-order valence-electron chi connectivity index (χ4n) is 1.88. The maximum atomic E-state index is 4.61. The van der Waals surface area contributed by atoms with Gasteiger partial charge in [-0.1, -0.05) is 0 Å². The summed E-state index contributed by atoms with van der Waals surface area (Å²) in [7, 11) is 0. The molecule has 18 heavy (non-hydrogen) atoms. The van der Waals surface area contributed by atoms with Crippen molar-refractivity contribution in [1.29, 1.82) is 0 Å². The summed E-state index contributed by atoms with van der Waals surface area (Å²) >= 11 is 3.64. The van der Waals surface area contributed by atoms with Gasteiger partial charge in [-0.25, -0.2) is 4.98 Å². The molecule has 2 heterocycles. The first-order valence-corrected chi connectivity index (χ1v) is 8.17. The zero-order chi connectivity index (χ0) is 13.3. The zero-order valence-electron chi connectivity index (χ0n) is 11.7. The molecule has 0 amide bonds. The smallest absolute Gasteiger partial charge is 0.194 e. The van der Waals surface area contributed by atoms with Crippen molar-refractivity contribution < 1.29 is 0 Å². The van der Waals surface area contributed by atoms with E-state index < -0.39 is 0 Å². The van der Waals surface area contributed by atoms with Crippen LogP contribution in [0.3, 0.4) is 0 Å². The van der Waals surface area contributed by atoms with Gasteiger partial charge in [0.25, 0.3) is 0 Å². The van der Waals surface area contributed by atoms with Crippen molar-refractivity contribution in [3.05, 3.63) is 22.5 Å². The van der Waals surface area contributed by atoms with Gasteiger partial charge in [0.2, 0.25) is 0 Å². The van der Waals surface area contributed by atoms with Crippen molar-refractivity contribution in [3.8, 4) is 0 Å². The van der Waals surface area contributed by atoms with Gasteiger partial charge in [0.15, 0.2) is 4.96 Å².